The first kappa shape index (κ1) is 13.3. The Balaban J connectivity index is 1.90. The summed E-state index contributed by atoms with van der Waals surface area (Å²) in [5, 5.41) is 0. The van der Waals surface area contributed by atoms with Crippen molar-refractivity contribution in [1.29, 1.82) is 0 Å². The average molecular weight is 307 g/mol. The van der Waals surface area contributed by atoms with Gasteiger partial charge in [-0.05, 0) is 49.4 Å². The van der Waals surface area contributed by atoms with Gasteiger partial charge in [0.2, 0.25) is 0 Å². The Hall–Kier alpha value is -1.15. The van der Waals surface area contributed by atoms with Crippen molar-refractivity contribution >= 4 is 15.9 Å². The molecule has 0 spiro atoms. The van der Waals surface area contributed by atoms with Crippen molar-refractivity contribution in [3.63, 3.8) is 0 Å². The topological polar surface area (TPSA) is 0 Å². The summed E-state index contributed by atoms with van der Waals surface area (Å²) in [5.74, 6) is -0.117. The molecule has 0 unspecified atom stereocenters. The Kier molecular flexibility index (Phi) is 4.54. The van der Waals surface area contributed by atoms with Gasteiger partial charge in [-0.2, -0.15) is 0 Å². The van der Waals surface area contributed by atoms with Crippen LogP contribution in [0.15, 0.2) is 46.9 Å². The van der Waals surface area contributed by atoms with Crippen molar-refractivity contribution < 1.29 is 4.39 Å². The summed E-state index contributed by atoms with van der Waals surface area (Å²) < 4.78 is 14.4. The first-order chi connectivity index (χ1) is 8.65. The van der Waals surface area contributed by atoms with E-state index in [9.17, 15) is 4.39 Å². The Bertz CT molecular complexity index is 517. The van der Waals surface area contributed by atoms with E-state index in [0.29, 0.717) is 0 Å². The zero-order valence-electron chi connectivity index (χ0n) is 10.4. The molecule has 0 aliphatic carbocycles. The Morgan fingerprint density at radius 3 is 2.39 bits per heavy atom. The van der Waals surface area contributed by atoms with E-state index in [2.05, 4.69) is 47.1 Å². The van der Waals surface area contributed by atoms with Gasteiger partial charge in [-0.3, -0.25) is 0 Å². The van der Waals surface area contributed by atoms with E-state index in [1.165, 1.54) is 17.2 Å². The maximum Gasteiger partial charge on any atom is 0.127 e. The Labute approximate surface area is 116 Å². The minimum atomic E-state index is -0.117. The molecular weight excluding hydrogens is 291 g/mol. The standard InChI is InChI=1S/C16H16BrF/c1-12-5-7-13(8-6-12)3-2-4-14-9-10-15(17)11-16(14)18/h5-11H,2-4H2,1H3. The fraction of sp³-hybridized carbons (Fsp3) is 0.250. The van der Waals surface area contributed by atoms with Gasteiger partial charge in [0.15, 0.2) is 0 Å². The van der Waals surface area contributed by atoms with Gasteiger partial charge in [-0.25, -0.2) is 4.39 Å². The van der Waals surface area contributed by atoms with Crippen molar-refractivity contribution in [3.05, 3.63) is 69.4 Å². The number of halogens is 2. The van der Waals surface area contributed by atoms with Crippen LogP contribution in [0.1, 0.15) is 23.1 Å². The van der Waals surface area contributed by atoms with Gasteiger partial charge >= 0.3 is 0 Å². The highest BCUT2D eigenvalue weighted by atomic mass is 79.9. The van der Waals surface area contributed by atoms with Gasteiger partial charge in [0.25, 0.3) is 0 Å². The van der Waals surface area contributed by atoms with Crippen LogP contribution in [0.3, 0.4) is 0 Å². The summed E-state index contributed by atoms with van der Waals surface area (Å²) in [4.78, 5) is 0. The van der Waals surface area contributed by atoms with Crippen molar-refractivity contribution in [2.24, 2.45) is 0 Å². The van der Waals surface area contributed by atoms with Gasteiger partial charge in [0.05, 0.1) is 0 Å². The van der Waals surface area contributed by atoms with Crippen LogP contribution in [0.2, 0.25) is 0 Å². The average Bonchev–Trinajstić information content (AvgIpc) is 2.34. The SMILES string of the molecule is Cc1ccc(CCCc2ccc(Br)cc2F)cc1. The quantitative estimate of drug-likeness (QED) is 0.739. The second-order valence-electron chi connectivity index (χ2n) is 4.57. The van der Waals surface area contributed by atoms with Gasteiger partial charge in [0, 0.05) is 4.47 Å². The molecule has 2 heteroatoms. The second kappa shape index (κ2) is 6.14. The summed E-state index contributed by atoms with van der Waals surface area (Å²) in [6.45, 7) is 2.08. The monoisotopic (exact) mass is 306 g/mol. The lowest BCUT2D eigenvalue weighted by Gasteiger charge is -2.04. The van der Waals surface area contributed by atoms with Crippen molar-refractivity contribution in [2.75, 3.05) is 0 Å². The van der Waals surface area contributed by atoms with Crippen molar-refractivity contribution in [1.82, 2.24) is 0 Å². The van der Waals surface area contributed by atoms with Crippen molar-refractivity contribution in [3.8, 4) is 0 Å². The summed E-state index contributed by atoms with van der Waals surface area (Å²) in [5.41, 5.74) is 3.39. The third-order valence-corrected chi connectivity index (χ3v) is 3.54. The van der Waals surface area contributed by atoms with E-state index in [4.69, 9.17) is 0 Å². The lowest BCUT2D eigenvalue weighted by atomic mass is 10.0. The van der Waals surface area contributed by atoms with Crippen molar-refractivity contribution in [2.45, 2.75) is 26.2 Å². The lowest BCUT2D eigenvalue weighted by molar-refractivity contribution is 0.603. The first-order valence-electron chi connectivity index (χ1n) is 6.14. The molecule has 94 valence electrons. The Morgan fingerprint density at radius 2 is 1.72 bits per heavy atom. The van der Waals surface area contributed by atoms with E-state index >= 15 is 0 Å². The molecule has 0 radical (unpaired) electrons. The molecule has 0 saturated heterocycles. The van der Waals surface area contributed by atoms with E-state index < -0.39 is 0 Å². The number of hydrogen-bond acceptors (Lipinski definition) is 0. The molecule has 0 fully saturated rings. The van der Waals surface area contributed by atoms with E-state index in [1.807, 2.05) is 12.1 Å². The smallest absolute Gasteiger partial charge is 0.127 e. The molecular formula is C16H16BrF. The minimum absolute atomic E-state index is 0.117. The molecule has 2 rings (SSSR count). The maximum absolute atomic E-state index is 13.6. The first-order valence-corrected chi connectivity index (χ1v) is 6.94. The van der Waals surface area contributed by atoms with Crippen LogP contribution in [0, 0.1) is 12.7 Å². The summed E-state index contributed by atoms with van der Waals surface area (Å²) in [7, 11) is 0. The summed E-state index contributed by atoms with van der Waals surface area (Å²) >= 11 is 3.27. The minimum Gasteiger partial charge on any atom is -0.207 e. The zero-order chi connectivity index (χ0) is 13.0. The molecule has 0 aliphatic heterocycles. The lowest BCUT2D eigenvalue weighted by Crippen LogP contribution is -1.93. The molecule has 0 aromatic heterocycles. The number of aryl methyl sites for hydroxylation is 3. The highest BCUT2D eigenvalue weighted by Gasteiger charge is 2.02. The van der Waals surface area contributed by atoms with Gasteiger partial charge in [0.1, 0.15) is 5.82 Å². The molecule has 0 amide bonds. The van der Waals surface area contributed by atoms with Crippen LogP contribution < -0.4 is 0 Å². The van der Waals surface area contributed by atoms with E-state index in [0.717, 1.165) is 29.3 Å². The van der Waals surface area contributed by atoms with E-state index in [1.54, 1.807) is 0 Å². The van der Waals surface area contributed by atoms with Crippen LogP contribution in [0.5, 0.6) is 0 Å². The fourth-order valence-electron chi connectivity index (χ4n) is 1.96. The van der Waals surface area contributed by atoms with Gasteiger partial charge in [-0.1, -0.05) is 51.8 Å². The molecule has 0 N–H and O–H groups in total. The third kappa shape index (κ3) is 3.67. The molecule has 0 nitrogen and oxygen atoms in total. The van der Waals surface area contributed by atoms with Crippen LogP contribution in [0.4, 0.5) is 4.39 Å². The van der Waals surface area contributed by atoms with Crippen LogP contribution >= 0.6 is 15.9 Å². The van der Waals surface area contributed by atoms with Gasteiger partial charge in [-0.15, -0.1) is 0 Å². The predicted molar refractivity (Wildman–Crippen MR) is 77.3 cm³/mol. The van der Waals surface area contributed by atoms with Crippen LogP contribution in [-0.4, -0.2) is 0 Å². The van der Waals surface area contributed by atoms with Gasteiger partial charge < -0.3 is 0 Å². The van der Waals surface area contributed by atoms with Crippen LogP contribution in [0.25, 0.3) is 0 Å². The molecule has 2 aromatic rings. The molecule has 0 atom stereocenters. The summed E-state index contributed by atoms with van der Waals surface area (Å²) in [6.07, 6.45) is 2.75. The third-order valence-electron chi connectivity index (χ3n) is 3.05. The normalized spacial score (nSPS) is 10.6. The van der Waals surface area contributed by atoms with Crippen LogP contribution in [-0.2, 0) is 12.8 Å². The molecule has 0 bridgehead atoms. The molecule has 2 aromatic carbocycles. The molecule has 18 heavy (non-hydrogen) atoms. The van der Waals surface area contributed by atoms with E-state index in [-0.39, 0.29) is 5.82 Å². The molecule has 0 heterocycles. The zero-order valence-corrected chi connectivity index (χ0v) is 12.0. The predicted octanol–water partition coefficient (Wildman–Crippen LogP) is 5.07. The fourth-order valence-corrected chi connectivity index (χ4v) is 2.30. The summed E-state index contributed by atoms with van der Waals surface area (Å²) in [6, 6.07) is 13.8. The number of rotatable bonds is 4. The highest BCUT2D eigenvalue weighted by Crippen LogP contribution is 2.17. The highest BCUT2D eigenvalue weighted by molar-refractivity contribution is 9.10. The Morgan fingerprint density at radius 1 is 1.00 bits per heavy atom. The molecule has 0 saturated carbocycles. The molecule has 0 aliphatic rings. The maximum atomic E-state index is 13.6. The second-order valence-corrected chi connectivity index (χ2v) is 5.49. The number of benzene rings is 2. The number of hydrogen-bond donors (Lipinski definition) is 0. The largest absolute Gasteiger partial charge is 0.207 e.